The number of amides is 1. The highest BCUT2D eigenvalue weighted by atomic mass is 79.9. The average Bonchev–Trinajstić information content (AvgIpc) is 3.22. The van der Waals surface area contributed by atoms with Crippen LogP contribution in [0.25, 0.3) is 11.4 Å². The van der Waals surface area contributed by atoms with Gasteiger partial charge >= 0.3 is 0 Å². The van der Waals surface area contributed by atoms with Gasteiger partial charge in [0, 0.05) is 22.1 Å². The van der Waals surface area contributed by atoms with E-state index >= 15 is 0 Å². The molecule has 0 atom stereocenters. The van der Waals surface area contributed by atoms with Gasteiger partial charge in [-0.05, 0) is 44.2 Å². The monoisotopic (exact) mass is 543 g/mol. The van der Waals surface area contributed by atoms with E-state index in [9.17, 15) is 4.79 Å². The van der Waals surface area contributed by atoms with E-state index in [0.29, 0.717) is 28.9 Å². The summed E-state index contributed by atoms with van der Waals surface area (Å²) in [5.74, 6) is 1.83. The first kappa shape index (κ1) is 25.5. The molecule has 34 heavy (non-hydrogen) atoms. The van der Waals surface area contributed by atoms with Crippen LogP contribution in [0.5, 0.6) is 11.5 Å². The number of thioether (sulfide) groups is 1. The maximum Gasteiger partial charge on any atom is 0.250 e. The van der Waals surface area contributed by atoms with Crippen molar-refractivity contribution in [3.05, 3.63) is 64.7 Å². The first-order valence-electron chi connectivity index (χ1n) is 10.3. The summed E-state index contributed by atoms with van der Waals surface area (Å²) in [6.45, 7) is 8.31. The summed E-state index contributed by atoms with van der Waals surface area (Å²) < 4.78 is 13.5. The highest BCUT2D eigenvalue weighted by Crippen LogP contribution is 2.28. The minimum absolute atomic E-state index is 0.136. The zero-order valence-corrected chi connectivity index (χ0v) is 21.9. The van der Waals surface area contributed by atoms with Crippen LogP contribution in [-0.4, -0.2) is 46.4 Å². The molecule has 2 aromatic carbocycles. The molecule has 0 aliphatic carbocycles. The molecular formula is C24H26BrN5O3S. The Morgan fingerprint density at radius 2 is 1.82 bits per heavy atom. The SMILES string of the molecule is C=C(C)Cn1c(SCC(=O)N/N=C(\C)c2ccc(OC)c(OC)c2)nnc1-c1ccc(Br)cc1. The Hall–Kier alpha value is -3.11. The number of hydrogen-bond donors (Lipinski definition) is 1. The molecular weight excluding hydrogens is 518 g/mol. The Morgan fingerprint density at radius 3 is 2.47 bits per heavy atom. The molecule has 0 spiro atoms. The molecule has 0 aliphatic heterocycles. The van der Waals surface area contributed by atoms with Gasteiger partial charge in [0.15, 0.2) is 22.5 Å². The highest BCUT2D eigenvalue weighted by molar-refractivity contribution is 9.10. The summed E-state index contributed by atoms with van der Waals surface area (Å²) >= 11 is 4.74. The molecule has 8 nitrogen and oxygen atoms in total. The second-order valence-corrected chi connectivity index (χ2v) is 9.31. The van der Waals surface area contributed by atoms with Gasteiger partial charge in [-0.2, -0.15) is 5.10 Å². The molecule has 0 fully saturated rings. The summed E-state index contributed by atoms with van der Waals surface area (Å²) in [7, 11) is 3.15. The van der Waals surface area contributed by atoms with Crippen LogP contribution in [0.15, 0.2) is 69.3 Å². The molecule has 0 aliphatic rings. The van der Waals surface area contributed by atoms with Crippen LogP contribution in [0.4, 0.5) is 0 Å². The first-order valence-corrected chi connectivity index (χ1v) is 12.1. The number of hydrazone groups is 1. The van der Waals surface area contributed by atoms with Crippen LogP contribution in [0, 0.1) is 0 Å². The molecule has 3 rings (SSSR count). The second-order valence-electron chi connectivity index (χ2n) is 7.45. The second kappa shape index (κ2) is 11.8. The van der Waals surface area contributed by atoms with Gasteiger partial charge in [0.25, 0.3) is 5.91 Å². The quantitative estimate of drug-likeness (QED) is 0.169. The van der Waals surface area contributed by atoms with Crippen LogP contribution in [0.1, 0.15) is 19.4 Å². The van der Waals surface area contributed by atoms with Crippen molar-refractivity contribution in [3.63, 3.8) is 0 Å². The molecule has 0 saturated carbocycles. The van der Waals surface area contributed by atoms with Crippen molar-refractivity contribution in [3.8, 4) is 22.9 Å². The predicted octanol–water partition coefficient (Wildman–Crippen LogP) is 4.93. The molecule has 1 amide bonds. The number of ether oxygens (including phenoxy) is 2. The Kier molecular flexibility index (Phi) is 8.89. The number of allylic oxidation sites excluding steroid dienone is 1. The van der Waals surface area contributed by atoms with E-state index < -0.39 is 0 Å². The van der Waals surface area contributed by atoms with Gasteiger partial charge in [0.05, 0.1) is 25.7 Å². The molecule has 0 radical (unpaired) electrons. The lowest BCUT2D eigenvalue weighted by Gasteiger charge is -2.10. The Labute approximate surface area is 211 Å². The maximum atomic E-state index is 12.5. The smallest absolute Gasteiger partial charge is 0.250 e. The number of benzene rings is 2. The van der Waals surface area contributed by atoms with Crippen LogP contribution in [-0.2, 0) is 11.3 Å². The largest absolute Gasteiger partial charge is 0.493 e. The van der Waals surface area contributed by atoms with Crippen molar-refractivity contribution < 1.29 is 14.3 Å². The van der Waals surface area contributed by atoms with Crippen LogP contribution >= 0.6 is 27.7 Å². The number of carbonyl (C=O) groups is 1. The van der Waals surface area contributed by atoms with Gasteiger partial charge in [-0.25, -0.2) is 5.43 Å². The van der Waals surface area contributed by atoms with Crippen LogP contribution in [0.2, 0.25) is 0 Å². The topological polar surface area (TPSA) is 90.6 Å². The van der Waals surface area contributed by atoms with Crippen molar-refractivity contribution in [2.24, 2.45) is 5.10 Å². The van der Waals surface area contributed by atoms with E-state index in [1.54, 1.807) is 20.3 Å². The van der Waals surface area contributed by atoms with E-state index in [2.05, 4.69) is 43.2 Å². The Bertz CT molecular complexity index is 1210. The van der Waals surface area contributed by atoms with E-state index in [-0.39, 0.29) is 11.7 Å². The molecule has 178 valence electrons. The van der Waals surface area contributed by atoms with Crippen LogP contribution in [0.3, 0.4) is 0 Å². The number of rotatable bonds is 10. The van der Waals surface area contributed by atoms with Gasteiger partial charge in [-0.3, -0.25) is 9.36 Å². The molecule has 1 N–H and O–H groups in total. The summed E-state index contributed by atoms with van der Waals surface area (Å²) in [6, 6.07) is 13.3. The first-order chi connectivity index (χ1) is 16.3. The van der Waals surface area contributed by atoms with E-state index in [4.69, 9.17) is 9.47 Å². The standard InChI is InChI=1S/C24H26BrN5O3S/c1-15(2)13-30-23(17-6-9-19(25)10-7-17)28-29-24(30)34-14-22(31)27-26-16(3)18-8-11-20(32-4)21(12-18)33-5/h6-12H,1,13-14H2,2-5H3,(H,27,31)/b26-16+. The predicted molar refractivity (Wildman–Crippen MR) is 139 cm³/mol. The van der Waals surface area contributed by atoms with Gasteiger partial charge in [-0.1, -0.05) is 52.0 Å². The zero-order chi connectivity index (χ0) is 24.7. The average molecular weight is 544 g/mol. The Balaban J connectivity index is 1.68. The van der Waals surface area contributed by atoms with Crippen molar-refractivity contribution in [1.82, 2.24) is 20.2 Å². The number of methoxy groups -OCH3 is 2. The summed E-state index contributed by atoms with van der Waals surface area (Å²) in [4.78, 5) is 12.5. The molecule has 10 heteroatoms. The lowest BCUT2D eigenvalue weighted by Crippen LogP contribution is -2.21. The fourth-order valence-electron chi connectivity index (χ4n) is 3.05. The zero-order valence-electron chi connectivity index (χ0n) is 19.5. The Morgan fingerprint density at radius 1 is 1.12 bits per heavy atom. The highest BCUT2D eigenvalue weighted by Gasteiger charge is 2.16. The van der Waals surface area contributed by atoms with Crippen LogP contribution < -0.4 is 14.9 Å². The third-order valence-electron chi connectivity index (χ3n) is 4.73. The number of aromatic nitrogens is 3. The van der Waals surface area contributed by atoms with Crippen molar-refractivity contribution in [2.75, 3.05) is 20.0 Å². The normalized spacial score (nSPS) is 11.3. The third kappa shape index (κ3) is 6.48. The number of halogens is 1. The summed E-state index contributed by atoms with van der Waals surface area (Å²) in [5.41, 5.74) is 5.94. The number of nitrogens with zero attached hydrogens (tertiary/aromatic N) is 4. The molecule has 0 bridgehead atoms. The number of carbonyl (C=O) groups excluding carboxylic acids is 1. The van der Waals surface area contributed by atoms with Gasteiger partial charge in [0.2, 0.25) is 0 Å². The third-order valence-corrected chi connectivity index (χ3v) is 6.22. The minimum Gasteiger partial charge on any atom is -0.493 e. The fourth-order valence-corrected chi connectivity index (χ4v) is 4.05. The lowest BCUT2D eigenvalue weighted by atomic mass is 10.1. The van der Waals surface area contributed by atoms with Gasteiger partial charge < -0.3 is 9.47 Å². The van der Waals surface area contributed by atoms with E-state index in [1.165, 1.54) is 11.8 Å². The number of hydrogen-bond acceptors (Lipinski definition) is 7. The number of nitrogens with one attached hydrogen (secondary N) is 1. The molecule has 0 saturated heterocycles. The summed E-state index contributed by atoms with van der Waals surface area (Å²) in [5, 5.41) is 13.5. The molecule has 1 heterocycles. The van der Waals surface area contributed by atoms with Crippen molar-refractivity contribution in [1.29, 1.82) is 0 Å². The molecule has 0 unspecified atom stereocenters. The van der Waals surface area contributed by atoms with E-state index in [0.717, 1.165) is 27.0 Å². The van der Waals surface area contributed by atoms with Gasteiger partial charge in [0.1, 0.15) is 0 Å². The van der Waals surface area contributed by atoms with E-state index in [1.807, 2.05) is 54.8 Å². The van der Waals surface area contributed by atoms with Gasteiger partial charge in [-0.15, -0.1) is 10.2 Å². The molecule has 1 aromatic heterocycles. The van der Waals surface area contributed by atoms with Crippen molar-refractivity contribution >= 4 is 39.3 Å². The fraction of sp³-hybridized carbons (Fsp3) is 0.250. The maximum absolute atomic E-state index is 12.5. The summed E-state index contributed by atoms with van der Waals surface area (Å²) in [6.07, 6.45) is 0. The minimum atomic E-state index is -0.250. The molecule has 3 aromatic rings. The van der Waals surface area contributed by atoms with Crippen molar-refractivity contribution in [2.45, 2.75) is 25.5 Å². The lowest BCUT2D eigenvalue weighted by molar-refractivity contribution is -0.118.